The van der Waals surface area contributed by atoms with E-state index in [-0.39, 0.29) is 27.5 Å². The molecule has 29 heavy (non-hydrogen) atoms. The van der Waals surface area contributed by atoms with Gasteiger partial charge in [-0.05, 0) is 66.8 Å². The van der Waals surface area contributed by atoms with Crippen molar-refractivity contribution in [3.05, 3.63) is 65.2 Å². The minimum atomic E-state index is -4.40. The minimum Gasteiger partial charge on any atom is -0.355 e. The molecule has 0 amide bonds. The van der Waals surface area contributed by atoms with E-state index in [0.717, 1.165) is 22.4 Å². The first-order valence-electron chi connectivity index (χ1n) is 8.48. The maximum absolute atomic E-state index is 11.8. The van der Waals surface area contributed by atoms with Crippen molar-refractivity contribution in [3.63, 3.8) is 0 Å². The topological polar surface area (TPSA) is 112 Å². The molecule has 0 saturated carbocycles. The Morgan fingerprint density at radius 3 is 1.69 bits per heavy atom. The van der Waals surface area contributed by atoms with Crippen LogP contribution in [0.5, 0.6) is 0 Å². The molecule has 0 fully saturated rings. The first-order valence-corrected chi connectivity index (χ1v) is 9.92. The van der Waals surface area contributed by atoms with Gasteiger partial charge >= 0.3 is 0 Å². The number of hydrogen-bond acceptors (Lipinski definition) is 4. The minimum absolute atomic E-state index is 0. The van der Waals surface area contributed by atoms with Crippen LogP contribution in [0.2, 0.25) is 0 Å². The Labute approximate surface area is 176 Å². The number of nitrogens with zero attached hydrogens (tertiary/aromatic N) is 2. The molecular formula is C20H14FeN4O3S. The monoisotopic (exact) mass is 446 g/mol. The summed E-state index contributed by atoms with van der Waals surface area (Å²) >= 11 is 0. The van der Waals surface area contributed by atoms with E-state index in [2.05, 4.69) is 19.9 Å². The third-order valence-electron chi connectivity index (χ3n) is 4.41. The van der Waals surface area contributed by atoms with Crippen molar-refractivity contribution in [2.75, 3.05) is 0 Å². The molecule has 3 aromatic rings. The SMILES string of the molecule is O=S(=O)(O)c1cc2cc3nc(cc4ccc(cc5nc(cc1[nH]2)C=C5)[nH]4)C=C3.[Fe]. The summed E-state index contributed by atoms with van der Waals surface area (Å²) in [5.41, 5.74) is 5.31. The van der Waals surface area contributed by atoms with Crippen LogP contribution in [-0.2, 0) is 27.2 Å². The Morgan fingerprint density at radius 1 is 0.690 bits per heavy atom. The van der Waals surface area contributed by atoms with Crippen LogP contribution >= 0.6 is 0 Å². The zero-order valence-corrected chi connectivity index (χ0v) is 16.7. The summed E-state index contributed by atoms with van der Waals surface area (Å²) in [6.07, 6.45) is 7.32. The number of aromatic amines is 2. The Balaban J connectivity index is 0.00000205. The van der Waals surface area contributed by atoms with Gasteiger partial charge < -0.3 is 9.97 Å². The van der Waals surface area contributed by atoms with E-state index in [1.54, 1.807) is 18.2 Å². The zero-order valence-electron chi connectivity index (χ0n) is 14.8. The molecule has 2 aliphatic rings. The van der Waals surface area contributed by atoms with Gasteiger partial charge in [-0.25, -0.2) is 9.97 Å². The molecule has 3 aromatic heterocycles. The standard InChI is InChI=1S/C20H14N4O3S.Fe/c25-28(26,27)20-11-18-9-16-4-3-14(22-16)7-12-1-2-13(21-12)8-15-5-6-17(23-15)10-19(20)24-18;/h1-11,21,24H,(H,25,26,27);. The summed E-state index contributed by atoms with van der Waals surface area (Å²) in [7, 11) is -4.40. The van der Waals surface area contributed by atoms with E-state index < -0.39 is 10.1 Å². The molecule has 146 valence electrons. The zero-order chi connectivity index (χ0) is 19.3. The molecule has 3 N–H and O–H groups in total. The van der Waals surface area contributed by atoms with Crippen molar-refractivity contribution < 1.29 is 30.0 Å². The van der Waals surface area contributed by atoms with Crippen LogP contribution in [0.3, 0.4) is 0 Å². The Morgan fingerprint density at radius 2 is 1.17 bits per heavy atom. The summed E-state index contributed by atoms with van der Waals surface area (Å²) in [5.74, 6) is 0. The number of aromatic nitrogens is 4. The predicted octanol–water partition coefficient (Wildman–Crippen LogP) is 3.90. The molecule has 0 spiro atoms. The quantitative estimate of drug-likeness (QED) is 0.267. The smallest absolute Gasteiger partial charge is 0.296 e. The summed E-state index contributed by atoms with van der Waals surface area (Å²) in [6.45, 7) is 0. The van der Waals surface area contributed by atoms with Crippen molar-refractivity contribution in [2.45, 2.75) is 4.90 Å². The van der Waals surface area contributed by atoms with E-state index in [4.69, 9.17) is 0 Å². The predicted molar refractivity (Wildman–Crippen MR) is 109 cm³/mol. The van der Waals surface area contributed by atoms with Gasteiger partial charge in [0.2, 0.25) is 0 Å². The second-order valence-electron chi connectivity index (χ2n) is 6.51. The van der Waals surface area contributed by atoms with Crippen molar-refractivity contribution in [3.8, 4) is 0 Å². The molecule has 0 unspecified atom stereocenters. The van der Waals surface area contributed by atoms with Gasteiger partial charge in [0.1, 0.15) is 4.90 Å². The fourth-order valence-electron chi connectivity index (χ4n) is 3.20. The number of rotatable bonds is 1. The van der Waals surface area contributed by atoms with Gasteiger partial charge in [-0.2, -0.15) is 8.42 Å². The summed E-state index contributed by atoms with van der Waals surface area (Å²) in [6, 6.07) is 12.4. The van der Waals surface area contributed by atoms with E-state index >= 15 is 0 Å². The first kappa shape index (κ1) is 19.4. The molecule has 0 radical (unpaired) electrons. The van der Waals surface area contributed by atoms with Crippen LogP contribution in [0, 0.1) is 0 Å². The van der Waals surface area contributed by atoms with Crippen LogP contribution in [0.1, 0.15) is 22.8 Å². The van der Waals surface area contributed by atoms with E-state index in [1.165, 1.54) is 6.07 Å². The van der Waals surface area contributed by atoms with E-state index in [0.29, 0.717) is 16.9 Å². The molecule has 0 atom stereocenters. The number of H-pyrrole nitrogens is 2. The third kappa shape index (κ3) is 3.94. The number of hydrogen-bond donors (Lipinski definition) is 3. The molecule has 8 bridgehead atoms. The molecule has 2 aliphatic heterocycles. The Bertz CT molecular complexity index is 1450. The number of nitrogens with one attached hydrogen (secondary N) is 2. The largest absolute Gasteiger partial charge is 0.355 e. The van der Waals surface area contributed by atoms with Crippen LogP contribution < -0.4 is 0 Å². The second-order valence-corrected chi connectivity index (χ2v) is 7.90. The fourth-order valence-corrected chi connectivity index (χ4v) is 3.87. The molecule has 5 rings (SSSR count). The van der Waals surface area contributed by atoms with Crippen molar-refractivity contribution in [1.82, 2.24) is 19.9 Å². The van der Waals surface area contributed by atoms with Gasteiger partial charge in [-0.1, -0.05) is 0 Å². The van der Waals surface area contributed by atoms with Crippen LogP contribution in [0.4, 0.5) is 0 Å². The normalized spacial score (nSPS) is 12.7. The number of fused-ring (bicyclic) bond motifs is 8. The van der Waals surface area contributed by atoms with Crippen LogP contribution in [0.25, 0.3) is 46.4 Å². The fraction of sp³-hybridized carbons (Fsp3) is 0. The Kier molecular flexibility index (Phi) is 4.76. The molecule has 7 nitrogen and oxygen atoms in total. The summed E-state index contributed by atoms with van der Waals surface area (Å²) < 4.78 is 33.2. The van der Waals surface area contributed by atoms with Crippen molar-refractivity contribution in [2.24, 2.45) is 0 Å². The third-order valence-corrected chi connectivity index (χ3v) is 5.30. The van der Waals surface area contributed by atoms with Crippen LogP contribution in [-0.4, -0.2) is 32.9 Å². The maximum Gasteiger partial charge on any atom is 0.296 e. The maximum atomic E-state index is 11.8. The molecule has 9 heteroatoms. The van der Waals surface area contributed by atoms with E-state index in [1.807, 2.05) is 42.5 Å². The van der Waals surface area contributed by atoms with Crippen LogP contribution in [0.15, 0.2) is 47.4 Å². The molecule has 0 saturated heterocycles. The van der Waals surface area contributed by atoms with Gasteiger partial charge in [-0.15, -0.1) is 0 Å². The molecular weight excluding hydrogens is 432 g/mol. The van der Waals surface area contributed by atoms with Gasteiger partial charge in [0.05, 0.1) is 28.3 Å². The van der Waals surface area contributed by atoms with Gasteiger partial charge in [0.25, 0.3) is 10.1 Å². The van der Waals surface area contributed by atoms with Gasteiger partial charge in [0.15, 0.2) is 0 Å². The van der Waals surface area contributed by atoms with Crippen molar-refractivity contribution in [1.29, 1.82) is 0 Å². The second kappa shape index (κ2) is 7.13. The van der Waals surface area contributed by atoms with Gasteiger partial charge in [-0.3, -0.25) is 4.55 Å². The van der Waals surface area contributed by atoms with Gasteiger partial charge in [0, 0.05) is 33.6 Å². The molecule has 0 aromatic carbocycles. The van der Waals surface area contributed by atoms with Crippen molar-refractivity contribution >= 4 is 56.5 Å². The average Bonchev–Trinajstić information content (AvgIpc) is 3.38. The Hall–Kier alpha value is -2.97. The molecule has 5 heterocycles. The first-order chi connectivity index (χ1) is 13.4. The molecule has 0 aliphatic carbocycles. The summed E-state index contributed by atoms with van der Waals surface area (Å²) in [5, 5.41) is 0. The van der Waals surface area contributed by atoms with E-state index in [9.17, 15) is 13.0 Å². The average molecular weight is 446 g/mol. The summed E-state index contributed by atoms with van der Waals surface area (Å²) in [4.78, 5) is 15.1.